The number of benzene rings is 1. The zero-order valence-electron chi connectivity index (χ0n) is 12.5. The van der Waals surface area contributed by atoms with E-state index in [1.54, 1.807) is 11.3 Å². The summed E-state index contributed by atoms with van der Waals surface area (Å²) in [7, 11) is -3.29. The molecule has 0 saturated carbocycles. The number of aryl methyl sites for hydroxylation is 3. The van der Waals surface area contributed by atoms with Gasteiger partial charge >= 0.3 is 0 Å². The molecule has 0 unspecified atom stereocenters. The smallest absolute Gasteiger partial charge is 0.215 e. The first-order chi connectivity index (χ1) is 9.85. The van der Waals surface area contributed by atoms with Crippen molar-refractivity contribution in [3.63, 3.8) is 0 Å². The predicted molar refractivity (Wildman–Crippen MR) is 87.1 cm³/mol. The van der Waals surface area contributed by atoms with Gasteiger partial charge < -0.3 is 0 Å². The molecule has 0 bridgehead atoms. The Labute approximate surface area is 130 Å². The van der Waals surface area contributed by atoms with Gasteiger partial charge in [-0.3, -0.25) is 0 Å². The van der Waals surface area contributed by atoms with E-state index in [-0.39, 0.29) is 5.75 Å². The van der Waals surface area contributed by atoms with Gasteiger partial charge in [0.05, 0.1) is 16.5 Å². The van der Waals surface area contributed by atoms with Crippen LogP contribution >= 0.6 is 11.3 Å². The second-order valence-electron chi connectivity index (χ2n) is 5.13. The monoisotopic (exact) mass is 324 g/mol. The molecule has 2 rings (SSSR count). The number of aromatic nitrogens is 1. The molecule has 0 spiro atoms. The minimum absolute atomic E-state index is 0.0232. The third kappa shape index (κ3) is 4.91. The maximum atomic E-state index is 12.1. The number of sulfonamides is 1. The van der Waals surface area contributed by atoms with Crippen LogP contribution in [-0.2, 0) is 22.2 Å². The van der Waals surface area contributed by atoms with Crippen molar-refractivity contribution < 1.29 is 8.42 Å². The Morgan fingerprint density at radius 2 is 2.00 bits per heavy atom. The molecule has 114 valence electrons. The van der Waals surface area contributed by atoms with Gasteiger partial charge in [0.2, 0.25) is 10.0 Å². The van der Waals surface area contributed by atoms with Crippen LogP contribution in [0.15, 0.2) is 24.3 Å². The van der Waals surface area contributed by atoms with Crippen molar-refractivity contribution in [2.75, 3.05) is 6.54 Å². The van der Waals surface area contributed by atoms with Crippen LogP contribution in [0, 0.1) is 20.8 Å². The average Bonchev–Trinajstić information content (AvgIpc) is 2.67. The standard InChI is InChI=1S/C15H20N2O2S2/c1-11-5-4-6-14(9-11)10-21(18,19)16-8-7-15-12(2)17-13(3)20-15/h4-6,9,16H,7-8,10H2,1-3H3. The Kier molecular flexibility index (Phi) is 5.13. The molecule has 1 N–H and O–H groups in total. The van der Waals surface area contributed by atoms with Crippen LogP contribution in [0.25, 0.3) is 0 Å². The van der Waals surface area contributed by atoms with Crippen molar-refractivity contribution >= 4 is 21.4 Å². The van der Waals surface area contributed by atoms with E-state index in [4.69, 9.17) is 0 Å². The Morgan fingerprint density at radius 1 is 1.24 bits per heavy atom. The molecule has 0 aliphatic heterocycles. The number of nitrogens with zero attached hydrogens (tertiary/aromatic N) is 1. The van der Waals surface area contributed by atoms with Crippen LogP contribution in [-0.4, -0.2) is 19.9 Å². The SMILES string of the molecule is Cc1cccc(CS(=O)(=O)NCCc2sc(C)nc2C)c1. The molecular formula is C15H20N2O2S2. The highest BCUT2D eigenvalue weighted by Crippen LogP contribution is 2.17. The van der Waals surface area contributed by atoms with Crippen LogP contribution in [0.5, 0.6) is 0 Å². The summed E-state index contributed by atoms with van der Waals surface area (Å²) in [6.45, 7) is 6.29. The molecule has 0 atom stereocenters. The Bertz CT molecular complexity index is 721. The van der Waals surface area contributed by atoms with E-state index < -0.39 is 10.0 Å². The number of thiazole rings is 1. The predicted octanol–water partition coefficient (Wildman–Crippen LogP) is 2.73. The number of rotatable bonds is 6. The molecular weight excluding hydrogens is 304 g/mol. The highest BCUT2D eigenvalue weighted by Gasteiger charge is 2.12. The van der Waals surface area contributed by atoms with Gasteiger partial charge in [0.1, 0.15) is 0 Å². The lowest BCUT2D eigenvalue weighted by atomic mass is 10.2. The quantitative estimate of drug-likeness (QED) is 0.889. The highest BCUT2D eigenvalue weighted by atomic mass is 32.2. The van der Waals surface area contributed by atoms with Crippen molar-refractivity contribution in [2.24, 2.45) is 0 Å². The van der Waals surface area contributed by atoms with E-state index in [1.165, 1.54) is 0 Å². The van der Waals surface area contributed by atoms with Gasteiger partial charge in [-0.2, -0.15) is 0 Å². The molecule has 1 aromatic carbocycles. The molecule has 4 nitrogen and oxygen atoms in total. The summed E-state index contributed by atoms with van der Waals surface area (Å²) in [6.07, 6.45) is 0.685. The van der Waals surface area contributed by atoms with E-state index in [0.29, 0.717) is 13.0 Å². The van der Waals surface area contributed by atoms with E-state index in [0.717, 1.165) is 26.7 Å². The number of hydrogen-bond donors (Lipinski definition) is 1. The second kappa shape index (κ2) is 6.68. The van der Waals surface area contributed by atoms with Crippen molar-refractivity contribution in [3.8, 4) is 0 Å². The van der Waals surface area contributed by atoms with Crippen LogP contribution in [0.2, 0.25) is 0 Å². The summed E-state index contributed by atoms with van der Waals surface area (Å²) in [5.74, 6) is 0.0232. The average molecular weight is 324 g/mol. The summed E-state index contributed by atoms with van der Waals surface area (Å²) >= 11 is 1.62. The zero-order valence-corrected chi connectivity index (χ0v) is 14.1. The molecule has 1 aromatic heterocycles. The number of hydrogen-bond acceptors (Lipinski definition) is 4. The van der Waals surface area contributed by atoms with E-state index >= 15 is 0 Å². The fraction of sp³-hybridized carbons (Fsp3) is 0.400. The Balaban J connectivity index is 1.91. The maximum Gasteiger partial charge on any atom is 0.215 e. The van der Waals surface area contributed by atoms with E-state index in [1.807, 2.05) is 45.0 Å². The Hall–Kier alpha value is -1.24. The lowest BCUT2D eigenvalue weighted by Gasteiger charge is -2.07. The molecule has 1 heterocycles. The zero-order chi connectivity index (χ0) is 15.5. The summed E-state index contributed by atoms with van der Waals surface area (Å²) in [5.41, 5.74) is 2.88. The second-order valence-corrected chi connectivity index (χ2v) is 8.23. The molecule has 6 heteroatoms. The topological polar surface area (TPSA) is 59.1 Å². The van der Waals surface area contributed by atoms with Gasteiger partial charge in [-0.25, -0.2) is 18.1 Å². The fourth-order valence-corrected chi connectivity index (χ4v) is 4.27. The minimum atomic E-state index is -3.29. The summed E-state index contributed by atoms with van der Waals surface area (Å²) in [4.78, 5) is 5.49. The first-order valence-corrected chi connectivity index (χ1v) is 9.28. The van der Waals surface area contributed by atoms with Crippen molar-refractivity contribution in [2.45, 2.75) is 32.9 Å². The normalized spacial score (nSPS) is 11.8. The first kappa shape index (κ1) is 16.1. The maximum absolute atomic E-state index is 12.1. The van der Waals surface area contributed by atoms with Gasteiger partial charge in [-0.15, -0.1) is 11.3 Å². The molecule has 0 fully saturated rings. The molecule has 0 aliphatic carbocycles. The van der Waals surface area contributed by atoms with Crippen molar-refractivity contribution in [1.82, 2.24) is 9.71 Å². The van der Waals surface area contributed by atoms with Gasteiger partial charge in [0.15, 0.2) is 0 Å². The summed E-state index contributed by atoms with van der Waals surface area (Å²) in [5, 5.41) is 1.02. The van der Waals surface area contributed by atoms with E-state index in [9.17, 15) is 8.42 Å². The molecule has 0 amide bonds. The first-order valence-electron chi connectivity index (χ1n) is 6.81. The fourth-order valence-electron chi connectivity index (χ4n) is 2.20. The molecule has 0 aliphatic rings. The lowest BCUT2D eigenvalue weighted by molar-refractivity contribution is 0.581. The minimum Gasteiger partial charge on any atom is -0.247 e. The number of nitrogens with one attached hydrogen (secondary N) is 1. The van der Waals surface area contributed by atoms with Crippen molar-refractivity contribution in [1.29, 1.82) is 0 Å². The van der Waals surface area contributed by atoms with Gasteiger partial charge in [-0.1, -0.05) is 29.8 Å². The third-order valence-electron chi connectivity index (χ3n) is 3.11. The van der Waals surface area contributed by atoms with Crippen LogP contribution in [0.3, 0.4) is 0 Å². The molecule has 21 heavy (non-hydrogen) atoms. The van der Waals surface area contributed by atoms with Gasteiger partial charge in [0.25, 0.3) is 0 Å². The molecule has 0 saturated heterocycles. The van der Waals surface area contributed by atoms with Crippen LogP contribution in [0.4, 0.5) is 0 Å². The van der Waals surface area contributed by atoms with Crippen LogP contribution in [0.1, 0.15) is 26.7 Å². The van der Waals surface area contributed by atoms with Gasteiger partial charge in [-0.05, 0) is 32.8 Å². The van der Waals surface area contributed by atoms with Crippen molar-refractivity contribution in [3.05, 3.63) is 51.0 Å². The largest absolute Gasteiger partial charge is 0.247 e. The molecule has 0 radical (unpaired) electrons. The third-order valence-corrected chi connectivity index (χ3v) is 5.60. The molecule has 2 aromatic rings. The highest BCUT2D eigenvalue weighted by molar-refractivity contribution is 7.88. The van der Waals surface area contributed by atoms with Crippen LogP contribution < -0.4 is 4.72 Å². The summed E-state index contributed by atoms with van der Waals surface area (Å²) < 4.78 is 26.8. The lowest BCUT2D eigenvalue weighted by Crippen LogP contribution is -2.27. The van der Waals surface area contributed by atoms with E-state index in [2.05, 4.69) is 9.71 Å². The Morgan fingerprint density at radius 3 is 2.62 bits per heavy atom. The van der Waals surface area contributed by atoms with Gasteiger partial charge in [0, 0.05) is 11.4 Å². The summed E-state index contributed by atoms with van der Waals surface area (Å²) in [6, 6.07) is 7.57.